The van der Waals surface area contributed by atoms with Gasteiger partial charge in [0.25, 0.3) is 5.91 Å². The van der Waals surface area contributed by atoms with Crippen LogP contribution in [-0.2, 0) is 4.79 Å². The number of halogens is 1. The molecule has 2 bridgehead atoms. The van der Waals surface area contributed by atoms with Crippen LogP contribution in [0.2, 0.25) is 0 Å². The lowest BCUT2D eigenvalue weighted by molar-refractivity contribution is -0.117. The molecule has 0 spiro atoms. The minimum Gasteiger partial charge on any atom is -0.345 e. The smallest absolute Gasteiger partial charge is 0.253 e. The molecule has 2 amide bonds. The molecule has 2 fully saturated rings. The molecular weight excluding hydrogens is 338 g/mol. The van der Waals surface area contributed by atoms with Crippen molar-refractivity contribution < 1.29 is 9.59 Å². The van der Waals surface area contributed by atoms with Crippen LogP contribution in [0.4, 0.5) is 5.69 Å². The van der Waals surface area contributed by atoms with E-state index in [0.29, 0.717) is 30.0 Å². The summed E-state index contributed by atoms with van der Waals surface area (Å²) in [7, 11) is 3.46. The van der Waals surface area contributed by atoms with E-state index in [1.54, 1.807) is 31.1 Å². The third-order valence-corrected chi connectivity index (χ3v) is 5.21. The largest absolute Gasteiger partial charge is 0.345 e. The van der Waals surface area contributed by atoms with Crippen LogP contribution >= 0.6 is 12.4 Å². The molecular formula is C19H28ClN3O2. The number of anilines is 1. The maximum absolute atomic E-state index is 12.5. The van der Waals surface area contributed by atoms with Gasteiger partial charge < -0.3 is 15.5 Å². The van der Waals surface area contributed by atoms with Crippen molar-refractivity contribution in [2.75, 3.05) is 19.4 Å². The van der Waals surface area contributed by atoms with Crippen LogP contribution in [-0.4, -0.2) is 42.9 Å². The maximum Gasteiger partial charge on any atom is 0.253 e. The first-order valence-corrected chi connectivity index (χ1v) is 8.80. The molecule has 5 nitrogen and oxygen atoms in total. The Hall–Kier alpha value is -1.59. The van der Waals surface area contributed by atoms with Gasteiger partial charge in [0.1, 0.15) is 0 Å². The van der Waals surface area contributed by atoms with E-state index in [-0.39, 0.29) is 24.2 Å². The molecule has 1 aromatic rings. The van der Waals surface area contributed by atoms with Gasteiger partial charge in [-0.05, 0) is 56.2 Å². The van der Waals surface area contributed by atoms with E-state index < -0.39 is 0 Å². The Morgan fingerprint density at radius 2 is 1.84 bits per heavy atom. The van der Waals surface area contributed by atoms with Gasteiger partial charge in [-0.1, -0.05) is 6.07 Å². The van der Waals surface area contributed by atoms with E-state index in [1.807, 2.05) is 13.0 Å². The second-order valence-electron chi connectivity index (χ2n) is 7.46. The van der Waals surface area contributed by atoms with Crippen LogP contribution in [0.5, 0.6) is 0 Å². The van der Waals surface area contributed by atoms with E-state index in [1.165, 1.54) is 12.8 Å². The topological polar surface area (TPSA) is 61.4 Å². The standard InChI is InChI=1S/C19H27N3O2.ClH/c1-12-4-5-14(19(24)22(2)3)11-17(12)21-18(23)10-13-8-15-6-7-16(9-13)20-15;/h4-5,11,13,15-16,20H,6-10H2,1-3H3,(H,21,23);1H. The Morgan fingerprint density at radius 1 is 1.20 bits per heavy atom. The fourth-order valence-corrected chi connectivity index (χ4v) is 3.95. The van der Waals surface area contributed by atoms with Crippen molar-refractivity contribution in [1.82, 2.24) is 10.2 Å². The van der Waals surface area contributed by atoms with Crippen molar-refractivity contribution in [2.24, 2.45) is 5.92 Å². The first kappa shape index (κ1) is 19.7. The molecule has 2 N–H and O–H groups in total. The van der Waals surface area contributed by atoms with Crippen LogP contribution < -0.4 is 10.6 Å². The molecule has 25 heavy (non-hydrogen) atoms. The van der Waals surface area contributed by atoms with Crippen LogP contribution in [0.25, 0.3) is 0 Å². The second-order valence-corrected chi connectivity index (χ2v) is 7.46. The minimum atomic E-state index is -0.0552. The van der Waals surface area contributed by atoms with Crippen molar-refractivity contribution in [1.29, 1.82) is 0 Å². The third-order valence-electron chi connectivity index (χ3n) is 5.21. The highest BCUT2D eigenvalue weighted by Crippen LogP contribution is 2.33. The van der Waals surface area contributed by atoms with Gasteiger partial charge in [0.2, 0.25) is 5.91 Å². The average Bonchev–Trinajstić information content (AvgIpc) is 2.87. The predicted molar refractivity (Wildman–Crippen MR) is 102 cm³/mol. The van der Waals surface area contributed by atoms with Gasteiger partial charge in [-0.2, -0.15) is 0 Å². The lowest BCUT2D eigenvalue weighted by atomic mass is 9.89. The molecule has 0 radical (unpaired) electrons. The van der Waals surface area contributed by atoms with Crippen molar-refractivity contribution >= 4 is 29.9 Å². The van der Waals surface area contributed by atoms with Crippen LogP contribution in [0.1, 0.15) is 48.0 Å². The summed E-state index contributed by atoms with van der Waals surface area (Å²) in [5.41, 5.74) is 2.31. The summed E-state index contributed by atoms with van der Waals surface area (Å²) >= 11 is 0. The van der Waals surface area contributed by atoms with Gasteiger partial charge >= 0.3 is 0 Å². The van der Waals surface area contributed by atoms with E-state index in [2.05, 4.69) is 10.6 Å². The van der Waals surface area contributed by atoms with Gasteiger partial charge in [-0.25, -0.2) is 0 Å². The number of benzene rings is 1. The highest BCUT2D eigenvalue weighted by molar-refractivity contribution is 5.97. The highest BCUT2D eigenvalue weighted by atomic mass is 35.5. The number of hydrogen-bond acceptors (Lipinski definition) is 3. The average molecular weight is 366 g/mol. The molecule has 0 aromatic heterocycles. The predicted octanol–water partition coefficient (Wildman–Crippen LogP) is 2.98. The van der Waals surface area contributed by atoms with Gasteiger partial charge in [0, 0.05) is 43.9 Å². The number of nitrogens with zero attached hydrogens (tertiary/aromatic N) is 1. The fraction of sp³-hybridized carbons (Fsp3) is 0.579. The molecule has 2 unspecified atom stereocenters. The van der Waals surface area contributed by atoms with E-state index >= 15 is 0 Å². The lowest BCUT2D eigenvalue weighted by Crippen LogP contribution is -2.39. The molecule has 138 valence electrons. The van der Waals surface area contributed by atoms with Crippen LogP contribution in [0.15, 0.2) is 18.2 Å². The SMILES string of the molecule is Cc1ccc(C(=O)N(C)C)cc1NC(=O)CC1CC2CCC(C1)N2.Cl. The zero-order valence-corrected chi connectivity index (χ0v) is 16.0. The molecule has 2 aliphatic heterocycles. The fourth-order valence-electron chi connectivity index (χ4n) is 3.95. The summed E-state index contributed by atoms with van der Waals surface area (Å²) in [6.07, 6.45) is 5.26. The molecule has 0 saturated carbocycles. The number of carbonyl (C=O) groups excluding carboxylic acids is 2. The summed E-state index contributed by atoms with van der Waals surface area (Å²) in [6, 6.07) is 6.67. The molecule has 2 saturated heterocycles. The molecule has 0 aliphatic carbocycles. The first-order valence-electron chi connectivity index (χ1n) is 8.80. The van der Waals surface area contributed by atoms with E-state index in [9.17, 15) is 9.59 Å². The number of nitrogens with one attached hydrogen (secondary N) is 2. The Bertz CT molecular complexity index is 636. The van der Waals surface area contributed by atoms with Gasteiger partial charge in [-0.3, -0.25) is 9.59 Å². The van der Waals surface area contributed by atoms with Crippen molar-refractivity contribution in [3.63, 3.8) is 0 Å². The third kappa shape index (κ3) is 4.73. The summed E-state index contributed by atoms with van der Waals surface area (Å²) < 4.78 is 0. The molecule has 3 rings (SSSR count). The highest BCUT2D eigenvalue weighted by Gasteiger charge is 2.34. The Morgan fingerprint density at radius 3 is 2.44 bits per heavy atom. The Kier molecular flexibility index (Phi) is 6.47. The number of amides is 2. The Balaban J connectivity index is 0.00000225. The zero-order valence-electron chi connectivity index (χ0n) is 15.2. The second kappa shape index (κ2) is 8.19. The van der Waals surface area contributed by atoms with Gasteiger partial charge in [0.15, 0.2) is 0 Å². The molecule has 2 aliphatic rings. The Labute approximate surface area is 155 Å². The lowest BCUT2D eigenvalue weighted by Gasteiger charge is -2.28. The zero-order chi connectivity index (χ0) is 17.3. The summed E-state index contributed by atoms with van der Waals surface area (Å²) in [5.74, 6) is 0.468. The van der Waals surface area contributed by atoms with E-state index in [4.69, 9.17) is 0 Å². The molecule has 6 heteroatoms. The number of fused-ring (bicyclic) bond motifs is 2. The van der Waals surface area contributed by atoms with E-state index in [0.717, 1.165) is 24.1 Å². The van der Waals surface area contributed by atoms with Crippen LogP contribution in [0, 0.1) is 12.8 Å². The van der Waals surface area contributed by atoms with Gasteiger partial charge in [0.05, 0.1) is 0 Å². The normalized spacial score (nSPS) is 24.4. The summed E-state index contributed by atoms with van der Waals surface area (Å²) in [4.78, 5) is 26.1. The first-order chi connectivity index (χ1) is 11.4. The number of rotatable bonds is 4. The number of aryl methyl sites for hydroxylation is 1. The summed E-state index contributed by atoms with van der Waals surface area (Å²) in [6.45, 7) is 1.95. The number of carbonyl (C=O) groups is 2. The number of piperidine rings is 1. The molecule has 2 heterocycles. The number of hydrogen-bond donors (Lipinski definition) is 2. The maximum atomic E-state index is 12.5. The van der Waals surface area contributed by atoms with Crippen molar-refractivity contribution in [2.45, 2.75) is 51.1 Å². The van der Waals surface area contributed by atoms with Gasteiger partial charge in [-0.15, -0.1) is 12.4 Å². The van der Waals surface area contributed by atoms with Crippen molar-refractivity contribution in [3.8, 4) is 0 Å². The summed E-state index contributed by atoms with van der Waals surface area (Å²) in [5, 5.41) is 6.62. The quantitative estimate of drug-likeness (QED) is 0.862. The monoisotopic (exact) mass is 365 g/mol. The molecule has 1 aromatic carbocycles. The van der Waals surface area contributed by atoms with Crippen LogP contribution in [0.3, 0.4) is 0 Å². The van der Waals surface area contributed by atoms with Crippen molar-refractivity contribution in [3.05, 3.63) is 29.3 Å². The molecule has 2 atom stereocenters. The minimum absolute atomic E-state index is 0.